The van der Waals surface area contributed by atoms with E-state index in [0.29, 0.717) is 21.1 Å². The van der Waals surface area contributed by atoms with Gasteiger partial charge in [0.1, 0.15) is 0 Å². The van der Waals surface area contributed by atoms with Gasteiger partial charge in [-0.05, 0) is 0 Å². The molecule has 4 atom stereocenters. The van der Waals surface area contributed by atoms with E-state index in [1.807, 2.05) is 0 Å². The molecule has 2 aromatic heterocycles. The molecule has 12 nitrogen and oxygen atoms in total. The van der Waals surface area contributed by atoms with E-state index >= 15 is 0 Å². The number of imidazole rings is 1. The summed E-state index contributed by atoms with van der Waals surface area (Å²) in [6.07, 6.45) is -3.00. The van der Waals surface area contributed by atoms with Crippen molar-refractivity contribution in [1.82, 2.24) is 19.5 Å². The van der Waals surface area contributed by atoms with Gasteiger partial charge in [0.25, 0.3) is 0 Å². The molecular weight excluding hydrogens is 463 g/mol. The first-order valence-electron chi connectivity index (χ1n) is 8.87. The maximum absolute atomic E-state index is 10.8. The van der Waals surface area contributed by atoms with Crippen LogP contribution in [0.1, 0.15) is 11.8 Å². The number of nitrogens with two attached hydrogens (primary N) is 1. The van der Waals surface area contributed by atoms with Crippen LogP contribution in [0.25, 0.3) is 11.2 Å². The van der Waals surface area contributed by atoms with E-state index in [1.54, 1.807) is 12.1 Å². The molecule has 0 aliphatic carbocycles. The normalized spacial score (nSPS) is 23.8. The van der Waals surface area contributed by atoms with E-state index in [-0.39, 0.29) is 26.6 Å². The quantitative estimate of drug-likeness (QED) is 0.183. The molecule has 5 N–H and O–H groups in total. The van der Waals surface area contributed by atoms with Crippen LogP contribution in [0.15, 0.2) is 30.6 Å². The molecule has 1 aliphatic heterocycles. The third kappa shape index (κ3) is 3.74. The number of nitro benzene ring substituents is 1. The monoisotopic (exact) mass is 482 g/mol. The first-order chi connectivity index (χ1) is 14.4. The molecule has 3 heterocycles. The number of non-ortho nitro benzene ring substituents is 1. The van der Waals surface area contributed by atoms with E-state index in [4.69, 9.17) is 10.5 Å². The van der Waals surface area contributed by atoms with Crippen molar-refractivity contribution < 1.29 is 25.0 Å². The Morgan fingerprint density at radius 3 is 2.60 bits per heavy atom. The number of aromatic nitrogens is 4. The summed E-state index contributed by atoms with van der Waals surface area (Å²) in [6.45, 7) is -0.442. The van der Waals surface area contributed by atoms with Crippen molar-refractivity contribution in [2.75, 3.05) is 12.3 Å². The number of nitrogens with zero attached hydrogens (tertiary/aromatic N) is 5. The second-order valence-electron chi connectivity index (χ2n) is 6.65. The fourth-order valence-electron chi connectivity index (χ4n) is 3.17. The Kier molecular flexibility index (Phi) is 5.64. The summed E-state index contributed by atoms with van der Waals surface area (Å²) in [5.74, 6) is 0.0246. The van der Waals surface area contributed by atoms with Gasteiger partial charge in [0.2, 0.25) is 0 Å². The summed E-state index contributed by atoms with van der Waals surface area (Å²) in [6, 6.07) is 6.29. The minimum atomic E-state index is -1.27. The number of fused-ring (bicyclic) bond motifs is 1. The number of aliphatic hydroxyl groups excluding tert-OH is 3. The molecule has 1 saturated heterocycles. The molecule has 0 spiro atoms. The van der Waals surface area contributed by atoms with Gasteiger partial charge < -0.3 is 0 Å². The van der Waals surface area contributed by atoms with E-state index in [9.17, 15) is 25.4 Å². The van der Waals surface area contributed by atoms with Gasteiger partial charge in [-0.15, -0.1) is 0 Å². The molecule has 13 heteroatoms. The van der Waals surface area contributed by atoms with Crippen LogP contribution in [0.3, 0.4) is 0 Å². The molecule has 1 fully saturated rings. The van der Waals surface area contributed by atoms with Gasteiger partial charge in [-0.25, -0.2) is 0 Å². The van der Waals surface area contributed by atoms with Crippen molar-refractivity contribution in [1.29, 1.82) is 0 Å². The van der Waals surface area contributed by atoms with Crippen LogP contribution >= 0.6 is 0 Å². The number of rotatable bonds is 6. The Labute approximate surface area is 175 Å². The van der Waals surface area contributed by atoms with Crippen LogP contribution in [0, 0.1) is 10.1 Å². The molecule has 0 unspecified atom stereocenters. The van der Waals surface area contributed by atoms with Gasteiger partial charge in [0, 0.05) is 0 Å². The zero-order valence-corrected chi connectivity index (χ0v) is 17.1. The van der Waals surface area contributed by atoms with E-state index in [2.05, 4.69) is 15.0 Å². The Morgan fingerprint density at radius 2 is 1.97 bits per heavy atom. The summed E-state index contributed by atoms with van der Waals surface area (Å²) in [7, 11) is 0. The van der Waals surface area contributed by atoms with Gasteiger partial charge in [0.15, 0.2) is 0 Å². The van der Waals surface area contributed by atoms with Crippen molar-refractivity contribution in [2.45, 2.75) is 29.9 Å². The fraction of sp³-hybridized carbons (Fsp3) is 0.353. The summed E-state index contributed by atoms with van der Waals surface area (Å²) >= 11 is -0.201. The first-order valence-corrected chi connectivity index (χ1v) is 10.9. The van der Waals surface area contributed by atoms with Gasteiger partial charge in [-0.2, -0.15) is 0 Å². The number of hydrogen-bond acceptors (Lipinski definition) is 10. The molecule has 158 valence electrons. The second-order valence-corrected chi connectivity index (χ2v) is 8.67. The number of ether oxygens (including phenoxy) is 1. The standard InChI is InChI=1S/C17H18N6O6Se/c18-17-20-14-11(19-7-22(14)16-13(26)12(25)10(5-24)29-16)15(21-17)30-6-8-1-3-9(4-2-8)23(27)28/h1-4,7,10,12-13,16,24-26H,5-6H2,(H2,18,20,21)/t10-,12-,13-,16-/m1/s1. The molecule has 0 amide bonds. The number of nitro groups is 1. The molecule has 1 aliphatic rings. The van der Waals surface area contributed by atoms with Crippen molar-refractivity contribution in [2.24, 2.45) is 0 Å². The molecule has 30 heavy (non-hydrogen) atoms. The molecule has 0 saturated carbocycles. The average Bonchev–Trinajstić information content (AvgIpc) is 3.27. The first kappa shape index (κ1) is 20.6. The maximum atomic E-state index is 10.8. The van der Waals surface area contributed by atoms with E-state index in [1.165, 1.54) is 23.0 Å². The Morgan fingerprint density at radius 1 is 1.23 bits per heavy atom. The summed E-state index contributed by atoms with van der Waals surface area (Å²) in [4.78, 5) is 23.2. The molecule has 0 radical (unpaired) electrons. The topological polar surface area (TPSA) is 183 Å². The van der Waals surface area contributed by atoms with Crippen LogP contribution in [0.4, 0.5) is 11.6 Å². The predicted molar refractivity (Wildman–Crippen MR) is 105 cm³/mol. The molecule has 0 bridgehead atoms. The average molecular weight is 481 g/mol. The summed E-state index contributed by atoms with van der Waals surface area (Å²) < 4.78 is 7.64. The van der Waals surface area contributed by atoms with Crippen molar-refractivity contribution in [3.8, 4) is 0 Å². The van der Waals surface area contributed by atoms with Gasteiger partial charge in [-0.3, -0.25) is 0 Å². The van der Waals surface area contributed by atoms with Crippen LogP contribution in [0.5, 0.6) is 0 Å². The third-order valence-electron chi connectivity index (χ3n) is 4.72. The minimum absolute atomic E-state index is 0.0246. The SMILES string of the molecule is Nc1nc([Se]Cc2ccc([N+](=O)[O-])cc2)c2ncn([C@@H]3O[C@H](CO)[C@@H](O)[C@H]3O)c2n1. The molecule has 4 rings (SSSR count). The number of nitrogen functional groups attached to an aromatic ring is 1. The number of anilines is 1. The van der Waals surface area contributed by atoms with Crippen molar-refractivity contribution >= 4 is 42.3 Å². The zero-order chi connectivity index (χ0) is 21.4. The van der Waals surface area contributed by atoms with Crippen molar-refractivity contribution in [3.05, 3.63) is 46.3 Å². The molecule has 3 aromatic rings. The summed E-state index contributed by atoms with van der Waals surface area (Å²) in [5, 5.41) is 41.0. The number of benzene rings is 1. The van der Waals surface area contributed by atoms with Crippen LogP contribution in [-0.2, 0) is 10.1 Å². The molecule has 1 aromatic carbocycles. The van der Waals surface area contributed by atoms with E-state index < -0.39 is 36.1 Å². The summed E-state index contributed by atoms with van der Waals surface area (Å²) in [5.41, 5.74) is 7.64. The second kappa shape index (κ2) is 8.22. The molecular formula is C17H18N6O6Se. The van der Waals surface area contributed by atoms with Crippen molar-refractivity contribution in [3.63, 3.8) is 0 Å². The van der Waals surface area contributed by atoms with Gasteiger partial charge in [0.05, 0.1) is 0 Å². The predicted octanol–water partition coefficient (Wildman–Crippen LogP) is -1.54. The van der Waals surface area contributed by atoms with Gasteiger partial charge in [-0.1, -0.05) is 0 Å². The van der Waals surface area contributed by atoms with Crippen LogP contribution < -0.4 is 10.3 Å². The Bertz CT molecular complexity index is 1080. The Balaban J connectivity index is 1.60. The van der Waals surface area contributed by atoms with E-state index in [0.717, 1.165) is 5.56 Å². The van der Waals surface area contributed by atoms with Gasteiger partial charge >= 0.3 is 175 Å². The fourth-order valence-corrected chi connectivity index (χ4v) is 5.13. The van der Waals surface area contributed by atoms with Crippen LogP contribution in [0.2, 0.25) is 0 Å². The zero-order valence-electron chi connectivity index (χ0n) is 15.4. The Hall–Kier alpha value is -2.67. The van der Waals surface area contributed by atoms with Crippen LogP contribution in [-0.4, -0.2) is 79.6 Å². The number of aliphatic hydroxyl groups is 3. The number of hydrogen-bond donors (Lipinski definition) is 4. The third-order valence-corrected chi connectivity index (χ3v) is 6.89.